The maximum Gasteiger partial charge on any atom is 0.179 e. The van der Waals surface area contributed by atoms with Crippen LogP contribution in [0.15, 0.2) is 36.7 Å². The van der Waals surface area contributed by atoms with Crippen LogP contribution in [0.25, 0.3) is 28.2 Å². The van der Waals surface area contributed by atoms with Crippen LogP contribution >= 0.6 is 0 Å². The fourth-order valence-electron chi connectivity index (χ4n) is 3.86. The van der Waals surface area contributed by atoms with Crippen molar-refractivity contribution < 1.29 is 4.74 Å². The molecule has 5 rings (SSSR count). The molecule has 1 aliphatic heterocycles. The molecule has 4 aromatic rings. The summed E-state index contributed by atoms with van der Waals surface area (Å²) in [6.07, 6.45) is 3.64. The molecule has 1 atom stereocenters. The van der Waals surface area contributed by atoms with E-state index in [0.29, 0.717) is 13.2 Å². The third-order valence-corrected chi connectivity index (χ3v) is 5.39. The quantitative estimate of drug-likeness (QED) is 0.580. The summed E-state index contributed by atoms with van der Waals surface area (Å²) >= 11 is 0. The highest BCUT2D eigenvalue weighted by atomic mass is 16.5. The third kappa shape index (κ3) is 3.05. The lowest BCUT2D eigenvalue weighted by molar-refractivity contribution is 0.0984. The van der Waals surface area contributed by atoms with Gasteiger partial charge in [0.1, 0.15) is 5.69 Å². The molecule has 0 spiro atoms. The van der Waals surface area contributed by atoms with Crippen LogP contribution in [-0.4, -0.2) is 55.6 Å². The second-order valence-corrected chi connectivity index (χ2v) is 7.47. The first-order chi connectivity index (χ1) is 14.1. The normalized spacial score (nSPS) is 17.2. The Bertz CT molecular complexity index is 1150. The molecular formula is C21H23N7O. The zero-order chi connectivity index (χ0) is 20.0. The molecular weight excluding hydrogens is 366 g/mol. The van der Waals surface area contributed by atoms with Gasteiger partial charge < -0.3 is 9.64 Å². The third-order valence-electron chi connectivity index (χ3n) is 5.39. The summed E-state index contributed by atoms with van der Waals surface area (Å²) in [5.41, 5.74) is 5.83. The first-order valence-electron chi connectivity index (χ1n) is 9.79. The molecule has 148 valence electrons. The van der Waals surface area contributed by atoms with Crippen LogP contribution in [0.5, 0.6) is 0 Å². The van der Waals surface area contributed by atoms with Crippen molar-refractivity contribution in [2.24, 2.45) is 0 Å². The number of aromatic nitrogens is 6. The molecule has 0 saturated carbocycles. The van der Waals surface area contributed by atoms with Crippen molar-refractivity contribution in [3.05, 3.63) is 48.0 Å². The van der Waals surface area contributed by atoms with Crippen LogP contribution < -0.4 is 4.90 Å². The number of hydrogen-bond acceptors (Lipinski definition) is 6. The van der Waals surface area contributed by atoms with Crippen LogP contribution in [0.3, 0.4) is 0 Å². The minimum Gasteiger partial charge on any atom is -0.377 e. The summed E-state index contributed by atoms with van der Waals surface area (Å²) in [5.74, 6) is 1.65. The second kappa shape index (κ2) is 6.97. The van der Waals surface area contributed by atoms with Gasteiger partial charge in [0.15, 0.2) is 11.6 Å². The lowest BCUT2D eigenvalue weighted by atomic mass is 10.1. The Balaban J connectivity index is 1.78. The summed E-state index contributed by atoms with van der Waals surface area (Å²) in [6.45, 7) is 8.36. The van der Waals surface area contributed by atoms with Crippen molar-refractivity contribution in [2.45, 2.75) is 26.8 Å². The number of anilines is 1. The van der Waals surface area contributed by atoms with E-state index in [1.54, 1.807) is 6.20 Å². The maximum absolute atomic E-state index is 5.62. The van der Waals surface area contributed by atoms with Crippen molar-refractivity contribution in [1.82, 2.24) is 29.8 Å². The van der Waals surface area contributed by atoms with Crippen LogP contribution in [-0.2, 0) is 4.74 Å². The van der Waals surface area contributed by atoms with Gasteiger partial charge in [-0.2, -0.15) is 5.10 Å². The van der Waals surface area contributed by atoms with Gasteiger partial charge in [-0.3, -0.25) is 10.1 Å². The molecule has 0 aliphatic carbocycles. The number of rotatable bonds is 3. The van der Waals surface area contributed by atoms with Crippen LogP contribution in [0.2, 0.25) is 0 Å². The average molecular weight is 389 g/mol. The van der Waals surface area contributed by atoms with E-state index in [1.165, 1.54) is 0 Å². The SMILES string of the molecule is Cc1ccc(-c2cc(N3CCOC[C@H]3C)nn3c(-c4ccn[nH]4)nc(C)c23)cn1. The molecule has 5 heterocycles. The summed E-state index contributed by atoms with van der Waals surface area (Å²) in [5, 5.41) is 12.1. The maximum atomic E-state index is 5.62. The first kappa shape index (κ1) is 17.8. The molecule has 1 N–H and O–H groups in total. The number of ether oxygens (including phenoxy) is 1. The number of imidazole rings is 1. The summed E-state index contributed by atoms with van der Waals surface area (Å²) in [7, 11) is 0. The molecule has 29 heavy (non-hydrogen) atoms. The van der Waals surface area contributed by atoms with E-state index < -0.39 is 0 Å². The van der Waals surface area contributed by atoms with E-state index in [-0.39, 0.29) is 6.04 Å². The van der Waals surface area contributed by atoms with Gasteiger partial charge in [0.25, 0.3) is 0 Å². The highest BCUT2D eigenvalue weighted by Gasteiger charge is 2.24. The number of H-pyrrole nitrogens is 1. The van der Waals surface area contributed by atoms with Gasteiger partial charge in [-0.15, -0.1) is 5.10 Å². The lowest BCUT2D eigenvalue weighted by Gasteiger charge is -2.34. The van der Waals surface area contributed by atoms with Crippen molar-refractivity contribution in [2.75, 3.05) is 24.7 Å². The number of fused-ring (bicyclic) bond motifs is 1. The molecule has 1 saturated heterocycles. The molecule has 0 aromatic carbocycles. The van der Waals surface area contributed by atoms with Crippen molar-refractivity contribution in [1.29, 1.82) is 0 Å². The van der Waals surface area contributed by atoms with Gasteiger partial charge in [-0.25, -0.2) is 9.50 Å². The Morgan fingerprint density at radius 3 is 2.83 bits per heavy atom. The van der Waals surface area contributed by atoms with E-state index in [4.69, 9.17) is 14.8 Å². The number of pyridine rings is 1. The molecule has 0 unspecified atom stereocenters. The van der Waals surface area contributed by atoms with Crippen LogP contribution in [0.1, 0.15) is 18.3 Å². The number of morpholine rings is 1. The van der Waals surface area contributed by atoms with E-state index in [1.807, 2.05) is 36.7 Å². The van der Waals surface area contributed by atoms with Gasteiger partial charge >= 0.3 is 0 Å². The molecule has 0 bridgehead atoms. The van der Waals surface area contributed by atoms with Gasteiger partial charge in [0, 0.05) is 35.8 Å². The number of aryl methyl sites for hydroxylation is 2. The molecule has 0 radical (unpaired) electrons. The van der Waals surface area contributed by atoms with E-state index in [9.17, 15) is 0 Å². The Morgan fingerprint density at radius 2 is 2.10 bits per heavy atom. The molecule has 4 aromatic heterocycles. The van der Waals surface area contributed by atoms with E-state index >= 15 is 0 Å². The highest BCUT2D eigenvalue weighted by molar-refractivity contribution is 5.85. The van der Waals surface area contributed by atoms with Crippen LogP contribution in [0, 0.1) is 13.8 Å². The summed E-state index contributed by atoms with van der Waals surface area (Å²) < 4.78 is 7.55. The van der Waals surface area contributed by atoms with Gasteiger partial charge in [0.2, 0.25) is 0 Å². The highest BCUT2D eigenvalue weighted by Crippen LogP contribution is 2.33. The zero-order valence-electron chi connectivity index (χ0n) is 16.8. The zero-order valence-corrected chi connectivity index (χ0v) is 16.8. The van der Waals surface area contributed by atoms with E-state index in [0.717, 1.165) is 51.9 Å². The average Bonchev–Trinajstić information content (AvgIpc) is 3.37. The topological polar surface area (TPSA) is 84.2 Å². The monoisotopic (exact) mass is 389 g/mol. The molecule has 1 fully saturated rings. The Hall–Kier alpha value is -3.26. The molecule has 0 amide bonds. The smallest absolute Gasteiger partial charge is 0.179 e. The van der Waals surface area contributed by atoms with Crippen molar-refractivity contribution in [3.63, 3.8) is 0 Å². The fraction of sp³-hybridized carbons (Fsp3) is 0.333. The largest absolute Gasteiger partial charge is 0.377 e. The van der Waals surface area contributed by atoms with Crippen molar-refractivity contribution >= 4 is 11.3 Å². The summed E-state index contributed by atoms with van der Waals surface area (Å²) in [6, 6.07) is 8.44. The Labute approximate surface area is 168 Å². The second-order valence-electron chi connectivity index (χ2n) is 7.47. The minimum absolute atomic E-state index is 0.248. The van der Waals surface area contributed by atoms with Gasteiger partial charge in [-0.1, -0.05) is 6.07 Å². The predicted octanol–water partition coefficient (Wildman–Crippen LogP) is 3.02. The van der Waals surface area contributed by atoms with Gasteiger partial charge in [-0.05, 0) is 39.0 Å². The molecule has 1 aliphatic rings. The summed E-state index contributed by atoms with van der Waals surface area (Å²) in [4.78, 5) is 11.6. The van der Waals surface area contributed by atoms with E-state index in [2.05, 4.69) is 39.1 Å². The predicted molar refractivity (Wildman–Crippen MR) is 111 cm³/mol. The van der Waals surface area contributed by atoms with Crippen molar-refractivity contribution in [3.8, 4) is 22.6 Å². The Morgan fingerprint density at radius 1 is 1.21 bits per heavy atom. The lowest BCUT2D eigenvalue weighted by Crippen LogP contribution is -2.44. The standard InChI is InChI=1S/C21H23N7O/c1-13-4-5-16(11-22-13)17-10-19(27-8-9-29-12-14(27)2)26-28-20(17)15(3)24-21(28)18-6-7-23-25-18/h4-7,10-11,14H,8-9,12H2,1-3H3,(H,23,25)/t14-/m1/s1. The Kier molecular flexibility index (Phi) is 4.28. The molecule has 8 nitrogen and oxygen atoms in total. The molecule has 8 heteroatoms. The first-order valence-corrected chi connectivity index (χ1v) is 9.79. The number of nitrogens with zero attached hydrogens (tertiary/aromatic N) is 6. The number of nitrogens with one attached hydrogen (secondary N) is 1. The van der Waals surface area contributed by atoms with Gasteiger partial charge in [0.05, 0.1) is 30.5 Å². The fourth-order valence-corrected chi connectivity index (χ4v) is 3.86. The van der Waals surface area contributed by atoms with Crippen LogP contribution in [0.4, 0.5) is 5.82 Å². The number of hydrogen-bond donors (Lipinski definition) is 1. The minimum atomic E-state index is 0.248. The number of aromatic amines is 1.